The number of fused-ring (bicyclic) bond motifs is 1. The SMILES string of the molecule is CC(C)(C)c1nc2ccc(Br)cc2c(=O)n1N=Cc1cc(Br)cc([N+](=O)[O-])c1OCc1ccc([N+](=O)[O-])cc1. The van der Waals surface area contributed by atoms with Gasteiger partial charge in [-0.2, -0.15) is 9.78 Å². The van der Waals surface area contributed by atoms with Gasteiger partial charge in [0, 0.05) is 38.1 Å². The Bertz CT molecular complexity index is 1690. The van der Waals surface area contributed by atoms with E-state index in [4.69, 9.17) is 4.74 Å². The first-order valence-corrected chi connectivity index (χ1v) is 13.0. The largest absolute Gasteiger partial charge is 0.481 e. The molecule has 0 N–H and O–H groups in total. The van der Waals surface area contributed by atoms with Crippen molar-refractivity contribution in [3.05, 3.63) is 111 Å². The topological polar surface area (TPSA) is 143 Å². The first-order chi connectivity index (χ1) is 18.3. The van der Waals surface area contributed by atoms with E-state index in [0.29, 0.717) is 31.2 Å². The van der Waals surface area contributed by atoms with Gasteiger partial charge in [-0.05, 0) is 42.0 Å². The van der Waals surface area contributed by atoms with Crippen molar-refractivity contribution in [2.45, 2.75) is 32.8 Å². The molecule has 0 aliphatic rings. The number of halogens is 2. The van der Waals surface area contributed by atoms with E-state index in [1.165, 1.54) is 41.2 Å². The summed E-state index contributed by atoms with van der Waals surface area (Å²) in [5.41, 5.74) is -0.0505. The lowest BCUT2D eigenvalue weighted by Gasteiger charge is -2.21. The lowest BCUT2D eigenvalue weighted by Crippen LogP contribution is -2.29. The number of rotatable bonds is 7. The summed E-state index contributed by atoms with van der Waals surface area (Å²) in [6, 6.07) is 13.7. The Labute approximate surface area is 238 Å². The third kappa shape index (κ3) is 6.20. The van der Waals surface area contributed by atoms with Gasteiger partial charge in [0.15, 0.2) is 0 Å². The van der Waals surface area contributed by atoms with E-state index in [2.05, 4.69) is 41.9 Å². The molecule has 1 heterocycles. The molecule has 0 spiro atoms. The number of hydrogen-bond acceptors (Lipinski definition) is 8. The van der Waals surface area contributed by atoms with Crippen LogP contribution in [0.15, 0.2) is 73.4 Å². The van der Waals surface area contributed by atoms with Gasteiger partial charge in [-0.15, -0.1) is 0 Å². The van der Waals surface area contributed by atoms with Crippen LogP contribution in [0.5, 0.6) is 5.75 Å². The minimum Gasteiger partial charge on any atom is -0.481 e. The van der Waals surface area contributed by atoms with Gasteiger partial charge < -0.3 is 4.74 Å². The Morgan fingerprint density at radius 2 is 1.69 bits per heavy atom. The van der Waals surface area contributed by atoms with Crippen LogP contribution in [-0.4, -0.2) is 25.7 Å². The van der Waals surface area contributed by atoms with E-state index in [-0.39, 0.29) is 29.3 Å². The lowest BCUT2D eigenvalue weighted by molar-refractivity contribution is -0.386. The zero-order chi connectivity index (χ0) is 28.5. The number of benzene rings is 3. The number of nitro groups is 2. The fraction of sp³-hybridized carbons (Fsp3) is 0.192. The van der Waals surface area contributed by atoms with Crippen LogP contribution >= 0.6 is 31.9 Å². The molecule has 1 aromatic heterocycles. The molecule has 0 radical (unpaired) electrons. The lowest BCUT2D eigenvalue weighted by atomic mass is 9.95. The van der Waals surface area contributed by atoms with Gasteiger partial charge in [-0.1, -0.05) is 52.6 Å². The van der Waals surface area contributed by atoms with Crippen LogP contribution in [0.25, 0.3) is 10.9 Å². The van der Waals surface area contributed by atoms with Crippen molar-refractivity contribution in [3.8, 4) is 5.75 Å². The smallest absolute Gasteiger partial charge is 0.312 e. The molecular weight excluding hydrogens is 638 g/mol. The summed E-state index contributed by atoms with van der Waals surface area (Å²) in [6.45, 7) is 5.59. The Balaban J connectivity index is 1.81. The standard InChI is InChI=1S/C26H21Br2N5O6/c1-26(2,3)25-30-21-9-6-17(27)11-20(21)24(34)31(25)29-13-16-10-18(28)12-22(33(37)38)23(16)39-14-15-4-7-19(8-5-15)32(35)36/h4-13H,14H2,1-3H3. The first-order valence-electron chi connectivity index (χ1n) is 11.5. The summed E-state index contributed by atoms with van der Waals surface area (Å²) in [4.78, 5) is 39.8. The molecule has 0 amide bonds. The molecule has 0 saturated heterocycles. The van der Waals surface area contributed by atoms with Crippen LogP contribution in [0, 0.1) is 20.2 Å². The van der Waals surface area contributed by atoms with E-state index in [1.807, 2.05) is 20.8 Å². The van der Waals surface area contributed by atoms with E-state index in [0.717, 1.165) is 0 Å². The fourth-order valence-corrected chi connectivity index (χ4v) is 4.54. The highest BCUT2D eigenvalue weighted by Crippen LogP contribution is 2.35. The predicted molar refractivity (Wildman–Crippen MR) is 154 cm³/mol. The highest BCUT2D eigenvalue weighted by Gasteiger charge is 2.24. The molecule has 3 aromatic carbocycles. The minimum absolute atomic E-state index is 0.0767. The van der Waals surface area contributed by atoms with E-state index >= 15 is 0 Å². The second-order valence-electron chi connectivity index (χ2n) is 9.52. The van der Waals surface area contributed by atoms with Crippen molar-refractivity contribution in [2.24, 2.45) is 5.10 Å². The Hall–Kier alpha value is -3.97. The van der Waals surface area contributed by atoms with Crippen molar-refractivity contribution in [2.75, 3.05) is 0 Å². The molecule has 0 saturated carbocycles. The molecule has 0 aliphatic heterocycles. The second kappa shape index (κ2) is 11.0. The molecule has 4 rings (SSSR count). The highest BCUT2D eigenvalue weighted by atomic mass is 79.9. The van der Waals surface area contributed by atoms with Crippen LogP contribution in [0.4, 0.5) is 11.4 Å². The summed E-state index contributed by atoms with van der Waals surface area (Å²) in [5.74, 6) is 0.323. The van der Waals surface area contributed by atoms with Gasteiger partial charge in [0.1, 0.15) is 12.4 Å². The molecular formula is C26H21Br2N5O6. The van der Waals surface area contributed by atoms with Crippen LogP contribution < -0.4 is 10.3 Å². The van der Waals surface area contributed by atoms with Crippen molar-refractivity contribution in [1.82, 2.24) is 9.66 Å². The third-order valence-corrected chi connectivity index (χ3v) is 6.53. The molecule has 39 heavy (non-hydrogen) atoms. The van der Waals surface area contributed by atoms with Crippen molar-refractivity contribution < 1.29 is 14.6 Å². The van der Waals surface area contributed by atoms with Gasteiger partial charge in [-0.3, -0.25) is 25.0 Å². The number of ether oxygens (including phenoxy) is 1. The normalized spacial score (nSPS) is 11.7. The molecule has 11 nitrogen and oxygen atoms in total. The molecule has 4 aromatic rings. The van der Waals surface area contributed by atoms with E-state index < -0.39 is 20.8 Å². The average molecular weight is 659 g/mol. The highest BCUT2D eigenvalue weighted by molar-refractivity contribution is 9.10. The van der Waals surface area contributed by atoms with Crippen LogP contribution in [-0.2, 0) is 12.0 Å². The molecule has 0 aliphatic carbocycles. The maximum absolute atomic E-state index is 13.5. The van der Waals surface area contributed by atoms with Crippen LogP contribution in [0.3, 0.4) is 0 Å². The molecule has 13 heteroatoms. The Morgan fingerprint density at radius 1 is 1.00 bits per heavy atom. The monoisotopic (exact) mass is 657 g/mol. The van der Waals surface area contributed by atoms with Gasteiger partial charge in [0.05, 0.1) is 27.0 Å². The minimum atomic E-state index is -0.588. The summed E-state index contributed by atoms with van der Waals surface area (Å²) < 4.78 is 8.13. The van der Waals surface area contributed by atoms with Crippen molar-refractivity contribution in [1.29, 1.82) is 0 Å². The molecule has 0 unspecified atom stereocenters. The average Bonchev–Trinajstić information content (AvgIpc) is 2.87. The summed E-state index contributed by atoms with van der Waals surface area (Å²) >= 11 is 6.67. The number of hydrogen-bond donors (Lipinski definition) is 0. The fourth-order valence-electron chi connectivity index (χ4n) is 3.72. The number of non-ortho nitro benzene ring substituents is 1. The van der Waals surface area contributed by atoms with Crippen LogP contribution in [0.1, 0.15) is 37.7 Å². The van der Waals surface area contributed by atoms with Gasteiger partial charge in [-0.25, -0.2) is 4.98 Å². The second-order valence-corrected chi connectivity index (χ2v) is 11.4. The van der Waals surface area contributed by atoms with Gasteiger partial charge in [0.2, 0.25) is 5.75 Å². The molecule has 0 bridgehead atoms. The van der Waals surface area contributed by atoms with Crippen molar-refractivity contribution >= 4 is 60.4 Å². The maximum Gasteiger partial charge on any atom is 0.312 e. The third-order valence-electron chi connectivity index (χ3n) is 5.58. The van der Waals surface area contributed by atoms with E-state index in [1.54, 1.807) is 24.3 Å². The zero-order valence-electron chi connectivity index (χ0n) is 20.9. The first kappa shape index (κ1) is 28.0. The number of nitro benzene ring substituents is 2. The summed E-state index contributed by atoms with van der Waals surface area (Å²) in [5, 5.41) is 27.6. The molecule has 0 fully saturated rings. The Kier molecular flexibility index (Phi) is 7.93. The molecule has 0 atom stereocenters. The number of nitrogens with zero attached hydrogens (tertiary/aromatic N) is 5. The number of aromatic nitrogens is 2. The quantitative estimate of drug-likeness (QED) is 0.125. The predicted octanol–water partition coefficient (Wildman–Crippen LogP) is 6.50. The summed E-state index contributed by atoms with van der Waals surface area (Å²) in [6.07, 6.45) is 1.31. The maximum atomic E-state index is 13.5. The van der Waals surface area contributed by atoms with Crippen LogP contribution in [0.2, 0.25) is 0 Å². The van der Waals surface area contributed by atoms with E-state index in [9.17, 15) is 25.0 Å². The van der Waals surface area contributed by atoms with Gasteiger partial charge >= 0.3 is 5.69 Å². The molecule has 200 valence electrons. The van der Waals surface area contributed by atoms with Crippen molar-refractivity contribution in [3.63, 3.8) is 0 Å². The zero-order valence-corrected chi connectivity index (χ0v) is 24.1. The summed E-state index contributed by atoms with van der Waals surface area (Å²) in [7, 11) is 0. The van der Waals surface area contributed by atoms with Gasteiger partial charge in [0.25, 0.3) is 11.2 Å². The Morgan fingerprint density at radius 3 is 2.31 bits per heavy atom.